The summed E-state index contributed by atoms with van der Waals surface area (Å²) >= 11 is 1.71. The summed E-state index contributed by atoms with van der Waals surface area (Å²) in [5.41, 5.74) is -1.65. The highest BCUT2D eigenvalue weighted by molar-refractivity contribution is 7.07. The summed E-state index contributed by atoms with van der Waals surface area (Å²) in [4.78, 5) is 41.0. The van der Waals surface area contributed by atoms with Crippen LogP contribution in [0.1, 0.15) is 0 Å². The van der Waals surface area contributed by atoms with E-state index in [0.717, 1.165) is 0 Å². The van der Waals surface area contributed by atoms with Gasteiger partial charge in [-0.3, -0.25) is 24.7 Å². The summed E-state index contributed by atoms with van der Waals surface area (Å²) in [5.74, 6) is 0. The SMILES string of the molecule is O=c1[nH]c(=O)c2[nH]c(=O)[nH]c2[nH]1.c1ccsc1. The van der Waals surface area contributed by atoms with E-state index in [-0.39, 0.29) is 11.2 Å². The molecule has 0 saturated heterocycles. The number of H-pyrrole nitrogens is 4. The molecule has 0 fully saturated rings. The Morgan fingerprint density at radius 1 is 0.824 bits per heavy atom. The lowest BCUT2D eigenvalue weighted by Gasteiger charge is -1.83. The van der Waals surface area contributed by atoms with Crippen LogP contribution >= 0.6 is 11.3 Å². The molecule has 8 heteroatoms. The largest absolute Gasteiger partial charge is 0.327 e. The van der Waals surface area contributed by atoms with Crippen molar-refractivity contribution in [2.75, 3.05) is 0 Å². The van der Waals surface area contributed by atoms with Gasteiger partial charge in [0.25, 0.3) is 5.56 Å². The second kappa shape index (κ2) is 4.66. The van der Waals surface area contributed by atoms with E-state index in [1.54, 1.807) is 11.3 Å². The minimum absolute atomic E-state index is 0.0413. The van der Waals surface area contributed by atoms with Crippen molar-refractivity contribution >= 4 is 22.5 Å². The molecule has 3 rings (SSSR count). The molecule has 0 unspecified atom stereocenters. The molecule has 0 saturated carbocycles. The summed E-state index contributed by atoms with van der Waals surface area (Å²) in [6, 6.07) is 4.04. The Balaban J connectivity index is 0.000000181. The van der Waals surface area contributed by atoms with Crippen LogP contribution in [0, 0.1) is 0 Å². The van der Waals surface area contributed by atoms with Crippen molar-refractivity contribution in [2.45, 2.75) is 0 Å². The first-order valence-corrected chi connectivity index (χ1v) is 5.53. The number of fused-ring (bicyclic) bond motifs is 1. The number of aromatic amines is 4. The molecular weight excluding hydrogens is 244 g/mol. The fraction of sp³-hybridized carbons (Fsp3) is 0. The molecule has 4 N–H and O–H groups in total. The van der Waals surface area contributed by atoms with Gasteiger partial charge >= 0.3 is 11.4 Å². The van der Waals surface area contributed by atoms with Crippen LogP contribution in [0.15, 0.2) is 37.3 Å². The van der Waals surface area contributed by atoms with Crippen LogP contribution in [0.3, 0.4) is 0 Å². The predicted octanol–water partition coefficient (Wildman–Crippen LogP) is -0.0191. The van der Waals surface area contributed by atoms with E-state index in [1.807, 2.05) is 27.9 Å². The zero-order valence-corrected chi connectivity index (χ0v) is 9.26. The smallest absolute Gasteiger partial charge is 0.300 e. The maximum atomic E-state index is 10.9. The molecule has 7 nitrogen and oxygen atoms in total. The predicted molar refractivity (Wildman–Crippen MR) is 64.5 cm³/mol. The van der Waals surface area contributed by atoms with Gasteiger partial charge in [-0.2, -0.15) is 11.3 Å². The van der Waals surface area contributed by atoms with E-state index < -0.39 is 16.9 Å². The van der Waals surface area contributed by atoms with Crippen molar-refractivity contribution in [1.82, 2.24) is 19.9 Å². The Kier molecular flexibility index (Phi) is 3.06. The Hall–Kier alpha value is -2.35. The molecule has 3 heterocycles. The van der Waals surface area contributed by atoms with E-state index in [9.17, 15) is 14.4 Å². The normalized spacial score (nSPS) is 9.88. The Labute approximate surface area is 97.2 Å². The van der Waals surface area contributed by atoms with Crippen molar-refractivity contribution in [1.29, 1.82) is 0 Å². The average molecular weight is 252 g/mol. The van der Waals surface area contributed by atoms with Crippen molar-refractivity contribution in [3.8, 4) is 0 Å². The lowest BCUT2D eigenvalue weighted by atomic mass is 10.5. The zero-order valence-electron chi connectivity index (χ0n) is 8.44. The summed E-state index contributed by atoms with van der Waals surface area (Å²) in [6.07, 6.45) is 0. The molecule has 0 atom stereocenters. The maximum Gasteiger partial charge on any atom is 0.327 e. The van der Waals surface area contributed by atoms with E-state index in [1.165, 1.54) is 0 Å². The summed E-state index contributed by atoms with van der Waals surface area (Å²) in [7, 11) is 0. The van der Waals surface area contributed by atoms with Gasteiger partial charge in [0.15, 0.2) is 0 Å². The standard InChI is InChI=1S/C5H4N4O3.C4H4S/c10-3-1-2(7-4(11)6-1)8-5(12)9-3;1-2-4-5-3-1/h(H4,6,7,8,9,10,11,12);1-4H. The van der Waals surface area contributed by atoms with Crippen molar-refractivity contribution in [3.63, 3.8) is 0 Å². The molecule has 0 radical (unpaired) electrons. The highest BCUT2D eigenvalue weighted by atomic mass is 32.1. The van der Waals surface area contributed by atoms with E-state index in [4.69, 9.17) is 0 Å². The van der Waals surface area contributed by atoms with E-state index >= 15 is 0 Å². The molecule has 0 bridgehead atoms. The molecular formula is C9H8N4O3S. The minimum atomic E-state index is -0.650. The van der Waals surface area contributed by atoms with Gasteiger partial charge in [0.05, 0.1) is 0 Å². The van der Waals surface area contributed by atoms with Crippen LogP contribution in [0.25, 0.3) is 11.2 Å². The van der Waals surface area contributed by atoms with Crippen LogP contribution in [0.4, 0.5) is 0 Å². The number of thiophene rings is 1. The van der Waals surface area contributed by atoms with Crippen LogP contribution in [0.5, 0.6) is 0 Å². The zero-order chi connectivity index (χ0) is 12.3. The third kappa shape index (κ3) is 2.61. The fourth-order valence-electron chi connectivity index (χ4n) is 1.18. The molecule has 3 aromatic heterocycles. The van der Waals surface area contributed by atoms with Gasteiger partial charge in [0, 0.05) is 0 Å². The number of aromatic nitrogens is 4. The van der Waals surface area contributed by atoms with Crippen LogP contribution in [-0.2, 0) is 0 Å². The second-order valence-electron chi connectivity index (χ2n) is 3.03. The molecule has 0 aliphatic rings. The molecule has 88 valence electrons. The van der Waals surface area contributed by atoms with E-state index in [0.29, 0.717) is 0 Å². The fourth-order valence-corrected chi connectivity index (χ4v) is 1.64. The molecule has 3 aromatic rings. The summed E-state index contributed by atoms with van der Waals surface area (Å²) < 4.78 is 0. The number of nitrogens with one attached hydrogen (secondary N) is 4. The monoisotopic (exact) mass is 252 g/mol. The molecule has 17 heavy (non-hydrogen) atoms. The van der Waals surface area contributed by atoms with Crippen molar-refractivity contribution in [2.24, 2.45) is 0 Å². The summed E-state index contributed by atoms with van der Waals surface area (Å²) in [5, 5.41) is 4.08. The second-order valence-corrected chi connectivity index (χ2v) is 3.85. The minimum Gasteiger partial charge on any atom is -0.300 e. The van der Waals surface area contributed by atoms with Gasteiger partial charge in [-0.25, -0.2) is 9.59 Å². The third-order valence-electron chi connectivity index (χ3n) is 1.85. The number of imidazole rings is 1. The van der Waals surface area contributed by atoms with Crippen molar-refractivity contribution < 1.29 is 0 Å². The highest BCUT2D eigenvalue weighted by Crippen LogP contribution is 1.91. The van der Waals surface area contributed by atoms with E-state index in [2.05, 4.69) is 15.0 Å². The molecule has 0 amide bonds. The number of hydrogen-bond acceptors (Lipinski definition) is 4. The van der Waals surface area contributed by atoms with Crippen LogP contribution < -0.4 is 16.9 Å². The van der Waals surface area contributed by atoms with Gasteiger partial charge in [0.2, 0.25) is 0 Å². The number of rotatable bonds is 0. The lowest BCUT2D eigenvalue weighted by Crippen LogP contribution is -2.21. The maximum absolute atomic E-state index is 10.9. The topological polar surface area (TPSA) is 114 Å². The molecule has 0 aromatic carbocycles. The van der Waals surface area contributed by atoms with Gasteiger partial charge in [-0.05, 0) is 10.8 Å². The third-order valence-corrected chi connectivity index (χ3v) is 2.47. The summed E-state index contributed by atoms with van der Waals surface area (Å²) in [6.45, 7) is 0. The van der Waals surface area contributed by atoms with Crippen molar-refractivity contribution in [3.05, 3.63) is 54.2 Å². The molecule has 0 aliphatic carbocycles. The molecule has 0 aliphatic heterocycles. The number of hydrogen-bond donors (Lipinski definition) is 4. The first kappa shape index (κ1) is 11.1. The van der Waals surface area contributed by atoms with Gasteiger partial charge in [0.1, 0.15) is 11.2 Å². The van der Waals surface area contributed by atoms with Crippen LogP contribution in [-0.4, -0.2) is 19.9 Å². The first-order valence-electron chi connectivity index (χ1n) is 4.58. The molecule has 0 spiro atoms. The average Bonchev–Trinajstić information content (AvgIpc) is 2.88. The Morgan fingerprint density at radius 2 is 1.41 bits per heavy atom. The van der Waals surface area contributed by atoms with Gasteiger partial charge < -0.3 is 0 Å². The van der Waals surface area contributed by atoms with Crippen LogP contribution in [0.2, 0.25) is 0 Å². The first-order chi connectivity index (χ1) is 8.16. The van der Waals surface area contributed by atoms with Gasteiger partial charge in [-0.1, -0.05) is 12.1 Å². The van der Waals surface area contributed by atoms with Gasteiger partial charge in [-0.15, -0.1) is 0 Å². The Bertz CT molecular complexity index is 745. The highest BCUT2D eigenvalue weighted by Gasteiger charge is 2.02. The lowest BCUT2D eigenvalue weighted by molar-refractivity contribution is 1.07. The quantitative estimate of drug-likeness (QED) is 0.450. The Morgan fingerprint density at radius 3 is 1.94 bits per heavy atom.